The van der Waals surface area contributed by atoms with E-state index in [2.05, 4.69) is 45.9 Å². The van der Waals surface area contributed by atoms with Crippen LogP contribution in [0.15, 0.2) is 35.9 Å². The molecule has 1 unspecified atom stereocenters. The summed E-state index contributed by atoms with van der Waals surface area (Å²) in [5, 5.41) is 0. The average Bonchev–Trinajstić information content (AvgIpc) is 2.65. The Bertz CT molecular complexity index is 650. The van der Waals surface area contributed by atoms with Crippen LogP contribution in [0, 0.1) is 13.8 Å². The van der Waals surface area contributed by atoms with Crippen molar-refractivity contribution < 1.29 is 9.53 Å². The third kappa shape index (κ3) is 7.98. The monoisotopic (exact) mass is 372 g/mol. The van der Waals surface area contributed by atoms with Crippen molar-refractivity contribution in [2.45, 2.75) is 66.7 Å². The fourth-order valence-electron chi connectivity index (χ4n) is 2.87. The molecule has 27 heavy (non-hydrogen) atoms. The van der Waals surface area contributed by atoms with Crippen LogP contribution in [0.25, 0.3) is 0 Å². The number of nitrogens with zero attached hydrogens (tertiary/aromatic N) is 2. The molecule has 0 aromatic carbocycles. The van der Waals surface area contributed by atoms with Crippen molar-refractivity contribution in [2.75, 3.05) is 19.7 Å². The van der Waals surface area contributed by atoms with Crippen molar-refractivity contribution in [1.29, 1.82) is 0 Å². The zero-order chi connectivity index (χ0) is 20.2. The Kier molecular flexibility index (Phi) is 10.5. The number of hydrogen-bond donors (Lipinski definition) is 0. The molecular formula is C23H36N2O2. The van der Waals surface area contributed by atoms with E-state index in [1.165, 1.54) is 5.56 Å². The first-order chi connectivity index (χ1) is 12.9. The van der Waals surface area contributed by atoms with Crippen LogP contribution in [0.2, 0.25) is 0 Å². The van der Waals surface area contributed by atoms with Crippen molar-refractivity contribution in [3.05, 3.63) is 52.9 Å². The summed E-state index contributed by atoms with van der Waals surface area (Å²) in [6, 6.07) is 4.21. The molecule has 0 saturated heterocycles. The van der Waals surface area contributed by atoms with E-state index >= 15 is 0 Å². The lowest BCUT2D eigenvalue weighted by molar-refractivity contribution is 0.109. The van der Waals surface area contributed by atoms with Crippen molar-refractivity contribution in [2.24, 2.45) is 0 Å². The second-order valence-corrected chi connectivity index (χ2v) is 7.06. The summed E-state index contributed by atoms with van der Waals surface area (Å²) in [5.74, 6) is 0.301. The summed E-state index contributed by atoms with van der Waals surface area (Å²) >= 11 is 0. The largest absolute Gasteiger partial charge is 0.445 e. The second-order valence-electron chi connectivity index (χ2n) is 7.06. The summed E-state index contributed by atoms with van der Waals surface area (Å²) in [5.41, 5.74) is 4.41. The van der Waals surface area contributed by atoms with Crippen LogP contribution < -0.4 is 0 Å². The molecule has 4 nitrogen and oxygen atoms in total. The molecular weight excluding hydrogens is 336 g/mol. The van der Waals surface area contributed by atoms with Gasteiger partial charge in [0.2, 0.25) is 0 Å². The lowest BCUT2D eigenvalue weighted by atomic mass is 10.0. The predicted octanol–water partition coefficient (Wildman–Crippen LogP) is 5.95. The van der Waals surface area contributed by atoms with Crippen LogP contribution in [0.4, 0.5) is 4.79 Å². The number of allylic oxidation sites excluding steroid dienone is 2. The van der Waals surface area contributed by atoms with Crippen LogP contribution >= 0.6 is 0 Å². The van der Waals surface area contributed by atoms with E-state index in [1.54, 1.807) is 0 Å². The van der Waals surface area contributed by atoms with Gasteiger partial charge in [0.15, 0.2) is 0 Å². The number of pyridine rings is 1. The SMILES string of the molecule is C/C=C\C(=C/CC)COC(=O)N(CCC)CCC(C)c1ccc(C)c(C)n1. The highest BCUT2D eigenvalue weighted by Crippen LogP contribution is 2.19. The minimum absolute atomic E-state index is 0.233. The van der Waals surface area contributed by atoms with Crippen molar-refractivity contribution >= 4 is 6.09 Å². The van der Waals surface area contributed by atoms with Gasteiger partial charge < -0.3 is 9.64 Å². The highest BCUT2D eigenvalue weighted by molar-refractivity contribution is 5.67. The zero-order valence-corrected chi connectivity index (χ0v) is 17.9. The lowest BCUT2D eigenvalue weighted by Crippen LogP contribution is -2.34. The normalized spacial score (nSPS) is 13.0. The molecule has 1 heterocycles. The molecule has 0 bridgehead atoms. The van der Waals surface area contributed by atoms with Crippen LogP contribution in [-0.2, 0) is 4.74 Å². The predicted molar refractivity (Wildman–Crippen MR) is 113 cm³/mol. The van der Waals surface area contributed by atoms with Crippen molar-refractivity contribution in [1.82, 2.24) is 9.88 Å². The van der Waals surface area contributed by atoms with Gasteiger partial charge in [0, 0.05) is 30.4 Å². The minimum atomic E-state index is -0.233. The molecule has 1 aromatic heterocycles. The quantitative estimate of drug-likeness (QED) is 0.476. The average molecular weight is 373 g/mol. The number of carbonyl (C=O) groups excluding carboxylic acids is 1. The molecule has 0 aliphatic carbocycles. The molecule has 1 atom stereocenters. The summed E-state index contributed by atoms with van der Waals surface area (Å²) < 4.78 is 5.55. The maximum absolute atomic E-state index is 12.5. The topological polar surface area (TPSA) is 42.4 Å². The number of aryl methyl sites for hydroxylation is 2. The van der Waals surface area contributed by atoms with Crippen LogP contribution in [0.3, 0.4) is 0 Å². The van der Waals surface area contributed by atoms with Crippen LogP contribution in [0.5, 0.6) is 0 Å². The Morgan fingerprint density at radius 1 is 1.26 bits per heavy atom. The highest BCUT2D eigenvalue weighted by Gasteiger charge is 2.17. The Hall–Kier alpha value is -2.10. The molecule has 1 amide bonds. The molecule has 0 saturated carbocycles. The van der Waals surface area contributed by atoms with E-state index < -0.39 is 0 Å². The molecule has 0 aliphatic rings. The van der Waals surface area contributed by atoms with Gasteiger partial charge in [-0.1, -0.05) is 45.1 Å². The Balaban J connectivity index is 2.64. The number of carbonyl (C=O) groups is 1. The van der Waals surface area contributed by atoms with Crippen LogP contribution in [-0.4, -0.2) is 35.7 Å². The molecule has 1 rings (SSSR count). The van der Waals surface area contributed by atoms with E-state index in [4.69, 9.17) is 9.72 Å². The van der Waals surface area contributed by atoms with Crippen molar-refractivity contribution in [3.8, 4) is 0 Å². The second kappa shape index (κ2) is 12.3. The Labute approximate surface area is 165 Å². The molecule has 0 N–H and O–H groups in total. The van der Waals surface area contributed by atoms with Gasteiger partial charge in [0.1, 0.15) is 6.61 Å². The molecule has 0 spiro atoms. The third-order valence-corrected chi connectivity index (χ3v) is 4.67. The van der Waals surface area contributed by atoms with Gasteiger partial charge in [-0.15, -0.1) is 0 Å². The van der Waals surface area contributed by atoms with E-state index in [0.29, 0.717) is 25.6 Å². The summed E-state index contributed by atoms with van der Waals surface area (Å²) in [7, 11) is 0. The van der Waals surface area contributed by atoms with E-state index in [0.717, 1.165) is 36.2 Å². The molecule has 4 heteroatoms. The maximum Gasteiger partial charge on any atom is 0.410 e. The van der Waals surface area contributed by atoms with Gasteiger partial charge in [-0.05, 0) is 57.2 Å². The smallest absolute Gasteiger partial charge is 0.410 e. The Morgan fingerprint density at radius 3 is 2.59 bits per heavy atom. The van der Waals surface area contributed by atoms with Gasteiger partial charge in [0.25, 0.3) is 0 Å². The number of aromatic nitrogens is 1. The summed E-state index contributed by atoms with van der Waals surface area (Å²) in [4.78, 5) is 19.0. The first kappa shape index (κ1) is 22.9. The zero-order valence-electron chi connectivity index (χ0n) is 17.9. The van der Waals surface area contributed by atoms with Gasteiger partial charge in [-0.25, -0.2) is 4.79 Å². The van der Waals surface area contributed by atoms with E-state index in [1.807, 2.05) is 30.9 Å². The molecule has 0 aliphatic heterocycles. The first-order valence-corrected chi connectivity index (χ1v) is 10.1. The highest BCUT2D eigenvalue weighted by atomic mass is 16.6. The fraction of sp³-hybridized carbons (Fsp3) is 0.565. The van der Waals surface area contributed by atoms with Crippen LogP contribution in [0.1, 0.15) is 69.8 Å². The molecule has 1 aromatic rings. The minimum Gasteiger partial charge on any atom is -0.445 e. The third-order valence-electron chi connectivity index (χ3n) is 4.67. The fourth-order valence-corrected chi connectivity index (χ4v) is 2.87. The van der Waals surface area contributed by atoms with E-state index in [-0.39, 0.29) is 6.09 Å². The number of rotatable bonds is 10. The maximum atomic E-state index is 12.5. The summed E-state index contributed by atoms with van der Waals surface area (Å²) in [6.45, 7) is 14.1. The first-order valence-electron chi connectivity index (χ1n) is 10.1. The number of amides is 1. The molecule has 150 valence electrons. The van der Waals surface area contributed by atoms with Gasteiger partial charge in [0.05, 0.1) is 0 Å². The number of hydrogen-bond acceptors (Lipinski definition) is 3. The van der Waals surface area contributed by atoms with E-state index in [9.17, 15) is 4.79 Å². The summed E-state index contributed by atoms with van der Waals surface area (Å²) in [6.07, 6.45) is 8.53. The van der Waals surface area contributed by atoms with Crippen molar-refractivity contribution in [3.63, 3.8) is 0 Å². The molecule has 0 fully saturated rings. The Morgan fingerprint density at radius 2 is 2.00 bits per heavy atom. The van der Waals surface area contributed by atoms with Gasteiger partial charge in [-0.3, -0.25) is 4.98 Å². The van der Waals surface area contributed by atoms with Gasteiger partial charge >= 0.3 is 6.09 Å². The lowest BCUT2D eigenvalue weighted by Gasteiger charge is -2.23. The van der Waals surface area contributed by atoms with Gasteiger partial charge in [-0.2, -0.15) is 0 Å². The number of ether oxygens (including phenoxy) is 1. The standard InChI is InChI=1S/C23H36N2O2/c1-7-10-21(11-8-2)17-27-23(26)25(15-9-3)16-14-19(5)22-13-12-18(4)20(6)24-22/h7,10-13,19H,8-9,14-17H2,1-6H3/b10-7-,21-11+. The molecule has 0 radical (unpaired) electrons.